The average molecular weight is 353 g/mol. The molecule has 1 amide bonds. The molecule has 0 radical (unpaired) electrons. The summed E-state index contributed by atoms with van der Waals surface area (Å²) in [6.07, 6.45) is 3.45. The van der Waals surface area contributed by atoms with Crippen molar-refractivity contribution in [1.29, 1.82) is 0 Å². The number of aromatic amines is 1. The normalized spacial score (nSPS) is 15.6. The standard InChI is InChI=1S/C18H23N7O/c1-10(2)14-15(12-5-11(3)17-19-9-20-25(17)6-12)22-23-16(14)18(26)21-13-7-24(4)8-13/h5-6,9-10,13H,7-8H2,1-4H3,(H,21,26)(H,22,23). The number of H-pyrrole nitrogens is 1. The predicted molar refractivity (Wildman–Crippen MR) is 98.1 cm³/mol. The Kier molecular flexibility index (Phi) is 3.99. The molecule has 26 heavy (non-hydrogen) atoms. The van der Waals surface area contributed by atoms with Gasteiger partial charge in [-0.3, -0.25) is 9.89 Å². The van der Waals surface area contributed by atoms with Crippen LogP contribution in [0, 0.1) is 6.92 Å². The van der Waals surface area contributed by atoms with Crippen LogP contribution in [0.4, 0.5) is 0 Å². The van der Waals surface area contributed by atoms with Crippen molar-refractivity contribution in [2.45, 2.75) is 32.7 Å². The van der Waals surface area contributed by atoms with E-state index in [1.54, 1.807) is 4.52 Å². The van der Waals surface area contributed by atoms with Crippen LogP contribution in [0.15, 0.2) is 18.6 Å². The van der Waals surface area contributed by atoms with Gasteiger partial charge in [0.1, 0.15) is 6.33 Å². The number of rotatable bonds is 4. The number of amides is 1. The first-order valence-corrected chi connectivity index (χ1v) is 8.82. The van der Waals surface area contributed by atoms with Gasteiger partial charge in [0.2, 0.25) is 0 Å². The monoisotopic (exact) mass is 353 g/mol. The molecule has 3 aromatic heterocycles. The number of fused-ring (bicyclic) bond motifs is 1. The fourth-order valence-electron chi connectivity index (χ4n) is 3.58. The Labute approximate surface area is 151 Å². The zero-order chi connectivity index (χ0) is 18.4. The highest BCUT2D eigenvalue weighted by atomic mass is 16.2. The molecule has 0 saturated carbocycles. The Bertz CT molecular complexity index is 965. The first-order valence-electron chi connectivity index (χ1n) is 8.82. The van der Waals surface area contributed by atoms with Gasteiger partial charge in [-0.2, -0.15) is 10.2 Å². The summed E-state index contributed by atoms with van der Waals surface area (Å²) in [4.78, 5) is 19.1. The Morgan fingerprint density at radius 3 is 2.85 bits per heavy atom. The number of hydrogen-bond donors (Lipinski definition) is 2. The van der Waals surface area contributed by atoms with Gasteiger partial charge >= 0.3 is 0 Å². The minimum absolute atomic E-state index is 0.118. The zero-order valence-corrected chi connectivity index (χ0v) is 15.4. The van der Waals surface area contributed by atoms with Gasteiger partial charge in [-0.1, -0.05) is 13.8 Å². The topological polar surface area (TPSA) is 91.2 Å². The Hall–Kier alpha value is -2.74. The molecule has 4 heterocycles. The summed E-state index contributed by atoms with van der Waals surface area (Å²) in [5.41, 5.74) is 5.05. The summed E-state index contributed by atoms with van der Waals surface area (Å²) in [5.74, 6) is 0.0353. The fraction of sp³-hybridized carbons (Fsp3) is 0.444. The maximum absolute atomic E-state index is 12.7. The number of aryl methyl sites for hydroxylation is 1. The van der Waals surface area contributed by atoms with Gasteiger partial charge in [0.25, 0.3) is 5.91 Å². The van der Waals surface area contributed by atoms with Gasteiger partial charge in [0.15, 0.2) is 11.3 Å². The summed E-state index contributed by atoms with van der Waals surface area (Å²) in [5, 5.41) is 14.7. The first-order chi connectivity index (χ1) is 12.4. The number of carbonyl (C=O) groups is 1. The van der Waals surface area contributed by atoms with Gasteiger partial charge in [0.05, 0.1) is 11.7 Å². The Morgan fingerprint density at radius 2 is 2.15 bits per heavy atom. The average Bonchev–Trinajstić information content (AvgIpc) is 3.20. The van der Waals surface area contributed by atoms with Crippen molar-refractivity contribution in [1.82, 2.24) is 35.0 Å². The van der Waals surface area contributed by atoms with Crippen molar-refractivity contribution >= 4 is 11.6 Å². The van der Waals surface area contributed by atoms with E-state index in [0.29, 0.717) is 5.69 Å². The molecule has 136 valence electrons. The highest BCUT2D eigenvalue weighted by molar-refractivity contribution is 5.96. The summed E-state index contributed by atoms with van der Waals surface area (Å²) in [7, 11) is 2.04. The van der Waals surface area contributed by atoms with E-state index < -0.39 is 0 Å². The van der Waals surface area contributed by atoms with Crippen LogP contribution in [-0.2, 0) is 0 Å². The van der Waals surface area contributed by atoms with Gasteiger partial charge in [-0.15, -0.1) is 0 Å². The maximum atomic E-state index is 12.7. The number of carbonyl (C=O) groups excluding carboxylic acids is 1. The van der Waals surface area contributed by atoms with E-state index in [1.807, 2.05) is 26.2 Å². The molecule has 2 N–H and O–H groups in total. The van der Waals surface area contributed by atoms with E-state index in [4.69, 9.17) is 0 Å². The molecular formula is C18H23N7O. The number of nitrogens with zero attached hydrogens (tertiary/aromatic N) is 5. The van der Waals surface area contributed by atoms with Crippen LogP contribution in [0.25, 0.3) is 16.9 Å². The van der Waals surface area contributed by atoms with Crippen LogP contribution < -0.4 is 5.32 Å². The zero-order valence-electron chi connectivity index (χ0n) is 15.4. The van der Waals surface area contributed by atoms with Gasteiger partial charge in [-0.05, 0) is 31.5 Å². The number of hydrogen-bond acceptors (Lipinski definition) is 5. The van der Waals surface area contributed by atoms with E-state index in [2.05, 4.69) is 44.3 Å². The lowest BCUT2D eigenvalue weighted by Gasteiger charge is -2.36. The molecule has 1 aliphatic heterocycles. The predicted octanol–water partition coefficient (Wildman–Crippen LogP) is 1.60. The number of likely N-dealkylation sites (N-methyl/N-ethyl adjacent to an activating group) is 1. The molecule has 4 rings (SSSR count). The minimum atomic E-state index is -0.118. The van der Waals surface area contributed by atoms with Gasteiger partial charge in [0, 0.05) is 30.4 Å². The van der Waals surface area contributed by atoms with Crippen molar-refractivity contribution in [3.05, 3.63) is 35.4 Å². The number of likely N-dealkylation sites (tertiary alicyclic amines) is 1. The maximum Gasteiger partial charge on any atom is 0.272 e. The largest absolute Gasteiger partial charge is 0.345 e. The lowest BCUT2D eigenvalue weighted by molar-refractivity contribution is 0.0851. The Balaban J connectivity index is 1.72. The molecule has 8 heteroatoms. The van der Waals surface area contributed by atoms with Crippen LogP contribution in [0.1, 0.15) is 41.4 Å². The van der Waals surface area contributed by atoms with E-state index in [-0.39, 0.29) is 17.9 Å². The molecular weight excluding hydrogens is 330 g/mol. The molecule has 3 aromatic rings. The molecule has 0 unspecified atom stereocenters. The highest BCUT2D eigenvalue weighted by Gasteiger charge is 2.29. The minimum Gasteiger partial charge on any atom is -0.345 e. The van der Waals surface area contributed by atoms with Crippen molar-refractivity contribution in [2.24, 2.45) is 0 Å². The fourth-order valence-corrected chi connectivity index (χ4v) is 3.58. The lowest BCUT2D eigenvalue weighted by Crippen LogP contribution is -2.57. The molecule has 1 aliphatic rings. The number of pyridine rings is 1. The molecule has 0 spiro atoms. The number of aromatic nitrogens is 5. The molecule has 0 aliphatic carbocycles. The second-order valence-electron chi connectivity index (χ2n) is 7.35. The van der Waals surface area contributed by atoms with Crippen molar-refractivity contribution in [3.8, 4) is 11.3 Å². The van der Waals surface area contributed by atoms with E-state index in [9.17, 15) is 4.79 Å². The van der Waals surface area contributed by atoms with E-state index in [0.717, 1.165) is 41.1 Å². The van der Waals surface area contributed by atoms with Crippen LogP contribution in [0.3, 0.4) is 0 Å². The molecule has 0 bridgehead atoms. The molecule has 1 fully saturated rings. The van der Waals surface area contributed by atoms with Crippen LogP contribution >= 0.6 is 0 Å². The summed E-state index contributed by atoms with van der Waals surface area (Å²) in [6, 6.07) is 2.24. The van der Waals surface area contributed by atoms with Crippen LogP contribution in [-0.4, -0.2) is 61.8 Å². The van der Waals surface area contributed by atoms with Crippen LogP contribution in [0.2, 0.25) is 0 Å². The molecule has 1 saturated heterocycles. The van der Waals surface area contributed by atoms with E-state index >= 15 is 0 Å². The third-order valence-electron chi connectivity index (χ3n) is 4.84. The Morgan fingerprint density at radius 1 is 1.38 bits per heavy atom. The quantitative estimate of drug-likeness (QED) is 0.743. The lowest BCUT2D eigenvalue weighted by atomic mass is 9.96. The SMILES string of the molecule is Cc1cc(-c2[nH]nc(C(=O)NC3CN(C)C3)c2C(C)C)cn2ncnc12. The number of nitrogens with one attached hydrogen (secondary N) is 2. The molecule has 8 nitrogen and oxygen atoms in total. The third kappa shape index (κ3) is 2.76. The summed E-state index contributed by atoms with van der Waals surface area (Å²) >= 11 is 0. The smallest absolute Gasteiger partial charge is 0.272 e. The third-order valence-corrected chi connectivity index (χ3v) is 4.84. The van der Waals surface area contributed by atoms with Crippen molar-refractivity contribution in [3.63, 3.8) is 0 Å². The van der Waals surface area contributed by atoms with Gasteiger partial charge < -0.3 is 10.2 Å². The second-order valence-corrected chi connectivity index (χ2v) is 7.35. The van der Waals surface area contributed by atoms with Crippen molar-refractivity contribution in [2.75, 3.05) is 20.1 Å². The first kappa shape index (κ1) is 16.7. The second kappa shape index (κ2) is 6.21. The van der Waals surface area contributed by atoms with Crippen molar-refractivity contribution < 1.29 is 4.79 Å². The summed E-state index contributed by atoms with van der Waals surface area (Å²) in [6.45, 7) is 7.90. The summed E-state index contributed by atoms with van der Waals surface area (Å²) < 4.78 is 1.75. The van der Waals surface area contributed by atoms with Gasteiger partial charge in [-0.25, -0.2) is 9.50 Å². The molecule has 0 atom stereocenters. The van der Waals surface area contributed by atoms with E-state index in [1.165, 1.54) is 6.33 Å². The van der Waals surface area contributed by atoms with Crippen LogP contribution in [0.5, 0.6) is 0 Å². The molecule has 0 aromatic carbocycles. The highest BCUT2D eigenvalue weighted by Crippen LogP contribution is 2.31.